The van der Waals surface area contributed by atoms with Crippen LogP contribution < -0.4 is 5.73 Å². The predicted molar refractivity (Wildman–Crippen MR) is 57.2 cm³/mol. The molecule has 0 atom stereocenters. The Kier molecular flexibility index (Phi) is 2.77. The summed E-state index contributed by atoms with van der Waals surface area (Å²) in [6, 6.07) is 4.03. The van der Waals surface area contributed by atoms with E-state index in [4.69, 9.17) is 5.73 Å². The standard InChI is InChI=1S/C11H15N3/c12-11(10-1-2-10)14-8-5-9-3-6-13-7-4-9/h3-4,6-7,10H,1-2,5,8H2,(H2,12,14). The largest absolute Gasteiger partial charge is 0.387 e. The molecule has 0 spiro atoms. The smallest absolute Gasteiger partial charge is 0.0968 e. The third-order valence-electron chi connectivity index (χ3n) is 2.44. The van der Waals surface area contributed by atoms with E-state index >= 15 is 0 Å². The maximum absolute atomic E-state index is 5.78. The Hall–Kier alpha value is -1.38. The summed E-state index contributed by atoms with van der Waals surface area (Å²) in [5, 5.41) is 0. The van der Waals surface area contributed by atoms with Crippen molar-refractivity contribution in [1.29, 1.82) is 0 Å². The second-order valence-corrected chi connectivity index (χ2v) is 3.69. The highest BCUT2D eigenvalue weighted by atomic mass is 14.9. The van der Waals surface area contributed by atoms with Gasteiger partial charge >= 0.3 is 0 Å². The molecule has 1 fully saturated rings. The molecule has 2 N–H and O–H groups in total. The molecule has 1 aromatic heterocycles. The number of aromatic nitrogens is 1. The van der Waals surface area contributed by atoms with E-state index in [1.54, 1.807) is 0 Å². The first-order valence-corrected chi connectivity index (χ1v) is 5.05. The average Bonchev–Trinajstić information content (AvgIpc) is 3.02. The van der Waals surface area contributed by atoms with Crippen molar-refractivity contribution < 1.29 is 0 Å². The van der Waals surface area contributed by atoms with Crippen LogP contribution in [0.15, 0.2) is 29.5 Å². The van der Waals surface area contributed by atoms with E-state index in [2.05, 4.69) is 9.98 Å². The number of aliphatic imine (C=N–C) groups is 1. The summed E-state index contributed by atoms with van der Waals surface area (Å²) in [6.45, 7) is 0.798. The SMILES string of the molecule is NC(=NCCc1ccncc1)C1CC1. The van der Waals surface area contributed by atoms with Crippen molar-refractivity contribution in [3.05, 3.63) is 30.1 Å². The molecule has 3 heteroatoms. The van der Waals surface area contributed by atoms with Gasteiger partial charge in [-0.1, -0.05) is 0 Å². The van der Waals surface area contributed by atoms with Gasteiger partial charge in [0.05, 0.1) is 5.84 Å². The third kappa shape index (κ3) is 2.55. The number of pyridine rings is 1. The molecule has 0 aromatic carbocycles. The first kappa shape index (κ1) is 9.19. The van der Waals surface area contributed by atoms with Gasteiger partial charge in [-0.15, -0.1) is 0 Å². The zero-order valence-corrected chi connectivity index (χ0v) is 8.19. The van der Waals surface area contributed by atoms with E-state index in [0.717, 1.165) is 18.8 Å². The molecule has 14 heavy (non-hydrogen) atoms. The van der Waals surface area contributed by atoms with Gasteiger partial charge in [0.25, 0.3) is 0 Å². The molecule has 74 valence electrons. The molecule has 0 radical (unpaired) electrons. The van der Waals surface area contributed by atoms with Crippen molar-refractivity contribution in [3.63, 3.8) is 0 Å². The summed E-state index contributed by atoms with van der Waals surface area (Å²) in [4.78, 5) is 8.32. The maximum Gasteiger partial charge on any atom is 0.0968 e. The molecule has 0 bridgehead atoms. The van der Waals surface area contributed by atoms with E-state index in [1.807, 2.05) is 24.5 Å². The van der Waals surface area contributed by atoms with Crippen molar-refractivity contribution in [1.82, 2.24) is 4.98 Å². The molecule has 0 aliphatic heterocycles. The topological polar surface area (TPSA) is 51.3 Å². The molecule has 0 amide bonds. The Labute approximate surface area is 84.1 Å². The normalized spacial score (nSPS) is 17.0. The van der Waals surface area contributed by atoms with Crippen molar-refractivity contribution >= 4 is 5.84 Å². The summed E-state index contributed by atoms with van der Waals surface area (Å²) in [5.41, 5.74) is 7.05. The van der Waals surface area contributed by atoms with E-state index in [1.165, 1.54) is 18.4 Å². The van der Waals surface area contributed by atoms with Crippen LogP contribution >= 0.6 is 0 Å². The lowest BCUT2D eigenvalue weighted by Gasteiger charge is -1.98. The Bertz CT molecular complexity index is 315. The third-order valence-corrected chi connectivity index (χ3v) is 2.44. The minimum Gasteiger partial charge on any atom is -0.387 e. The fraction of sp³-hybridized carbons (Fsp3) is 0.455. The van der Waals surface area contributed by atoms with Crippen molar-refractivity contribution in [3.8, 4) is 0 Å². The van der Waals surface area contributed by atoms with Gasteiger partial charge in [0.1, 0.15) is 0 Å². The molecular weight excluding hydrogens is 174 g/mol. The summed E-state index contributed by atoms with van der Waals surface area (Å²) in [6.07, 6.45) is 7.03. The Morgan fingerprint density at radius 2 is 2.14 bits per heavy atom. The highest BCUT2D eigenvalue weighted by Gasteiger charge is 2.24. The molecule has 0 saturated heterocycles. The quantitative estimate of drug-likeness (QED) is 0.575. The molecule has 3 nitrogen and oxygen atoms in total. The number of amidine groups is 1. The van der Waals surface area contributed by atoms with Crippen molar-refractivity contribution in [2.45, 2.75) is 19.3 Å². The van der Waals surface area contributed by atoms with Crippen LogP contribution in [0.4, 0.5) is 0 Å². The van der Waals surface area contributed by atoms with Gasteiger partial charge < -0.3 is 5.73 Å². The number of hydrogen-bond donors (Lipinski definition) is 1. The lowest BCUT2D eigenvalue weighted by molar-refractivity contribution is 0.944. The molecular formula is C11H15N3. The molecule has 1 heterocycles. The van der Waals surface area contributed by atoms with Gasteiger partial charge in [-0.25, -0.2) is 0 Å². The van der Waals surface area contributed by atoms with Crippen LogP contribution in [-0.2, 0) is 6.42 Å². The highest BCUT2D eigenvalue weighted by molar-refractivity contribution is 5.84. The van der Waals surface area contributed by atoms with Gasteiger partial charge in [-0.3, -0.25) is 9.98 Å². The van der Waals surface area contributed by atoms with Crippen LogP contribution in [0.2, 0.25) is 0 Å². The minimum absolute atomic E-state index is 0.590. The van der Waals surface area contributed by atoms with Crippen LogP contribution in [-0.4, -0.2) is 17.4 Å². The second-order valence-electron chi connectivity index (χ2n) is 3.69. The molecule has 1 saturated carbocycles. The van der Waals surface area contributed by atoms with E-state index in [9.17, 15) is 0 Å². The fourth-order valence-corrected chi connectivity index (χ4v) is 1.37. The van der Waals surface area contributed by atoms with Gasteiger partial charge in [0.15, 0.2) is 0 Å². The summed E-state index contributed by atoms with van der Waals surface area (Å²) < 4.78 is 0. The number of rotatable bonds is 4. The fourth-order valence-electron chi connectivity index (χ4n) is 1.37. The van der Waals surface area contributed by atoms with Crippen molar-refractivity contribution in [2.24, 2.45) is 16.6 Å². The monoisotopic (exact) mass is 189 g/mol. The second kappa shape index (κ2) is 4.22. The van der Waals surface area contributed by atoms with Crippen LogP contribution in [0, 0.1) is 5.92 Å². The van der Waals surface area contributed by atoms with E-state index in [-0.39, 0.29) is 0 Å². The summed E-state index contributed by atoms with van der Waals surface area (Å²) in [7, 11) is 0. The van der Waals surface area contributed by atoms with E-state index in [0.29, 0.717) is 5.92 Å². The van der Waals surface area contributed by atoms with Gasteiger partial charge in [-0.2, -0.15) is 0 Å². The van der Waals surface area contributed by atoms with Crippen LogP contribution in [0.1, 0.15) is 18.4 Å². The Morgan fingerprint density at radius 3 is 2.79 bits per heavy atom. The van der Waals surface area contributed by atoms with Gasteiger partial charge in [0.2, 0.25) is 0 Å². The van der Waals surface area contributed by atoms with Crippen LogP contribution in [0.5, 0.6) is 0 Å². The molecule has 1 aliphatic rings. The maximum atomic E-state index is 5.78. The molecule has 1 aromatic rings. The molecule has 0 unspecified atom stereocenters. The lowest BCUT2D eigenvalue weighted by atomic mass is 10.2. The Morgan fingerprint density at radius 1 is 1.43 bits per heavy atom. The molecule has 1 aliphatic carbocycles. The predicted octanol–water partition coefficient (Wildman–Crippen LogP) is 1.39. The highest BCUT2D eigenvalue weighted by Crippen LogP contribution is 2.28. The number of hydrogen-bond acceptors (Lipinski definition) is 2. The van der Waals surface area contributed by atoms with Crippen molar-refractivity contribution in [2.75, 3.05) is 6.54 Å². The van der Waals surface area contributed by atoms with Crippen LogP contribution in [0.25, 0.3) is 0 Å². The van der Waals surface area contributed by atoms with Gasteiger partial charge in [0, 0.05) is 24.9 Å². The zero-order valence-electron chi connectivity index (χ0n) is 8.19. The molecule has 2 rings (SSSR count). The lowest BCUT2D eigenvalue weighted by Crippen LogP contribution is -2.14. The van der Waals surface area contributed by atoms with Crippen LogP contribution in [0.3, 0.4) is 0 Å². The average molecular weight is 189 g/mol. The Balaban J connectivity index is 1.80. The first-order chi connectivity index (χ1) is 6.86. The summed E-state index contributed by atoms with van der Waals surface area (Å²) in [5.74, 6) is 1.44. The number of nitrogens with two attached hydrogens (primary N) is 1. The van der Waals surface area contributed by atoms with Gasteiger partial charge in [-0.05, 0) is 37.0 Å². The number of nitrogens with zero attached hydrogens (tertiary/aromatic N) is 2. The summed E-state index contributed by atoms with van der Waals surface area (Å²) >= 11 is 0. The minimum atomic E-state index is 0.590. The zero-order chi connectivity index (χ0) is 9.80. The van der Waals surface area contributed by atoms with E-state index < -0.39 is 0 Å². The first-order valence-electron chi connectivity index (χ1n) is 5.05.